The van der Waals surface area contributed by atoms with Crippen molar-refractivity contribution in [1.29, 1.82) is 0 Å². The van der Waals surface area contributed by atoms with Gasteiger partial charge in [0.1, 0.15) is 17.0 Å². The van der Waals surface area contributed by atoms with Crippen LogP contribution in [0.3, 0.4) is 0 Å². The average Bonchev–Trinajstić information content (AvgIpc) is 3.73. The minimum absolute atomic E-state index is 0.115. The van der Waals surface area contributed by atoms with Gasteiger partial charge in [-0.1, -0.05) is 35.3 Å². The van der Waals surface area contributed by atoms with Crippen LogP contribution in [0.5, 0.6) is 0 Å². The number of halogens is 3. The zero-order valence-corrected chi connectivity index (χ0v) is 45.2. The number of nitrogens with two attached hydrogens (primary N) is 3. The first kappa shape index (κ1) is 58.8. The summed E-state index contributed by atoms with van der Waals surface area (Å²) in [5.74, 6) is 0.190. The Balaban J connectivity index is 0.000000263. The van der Waals surface area contributed by atoms with E-state index in [9.17, 15) is 30.8 Å². The number of nitrogens with zero attached hydrogens (tertiary/aromatic N) is 6. The molecule has 4 aromatic rings. The zero-order valence-electron chi connectivity index (χ0n) is 42.0. The van der Waals surface area contributed by atoms with Gasteiger partial charge in [0.05, 0.1) is 27.5 Å². The number of amides is 2. The number of carbonyl (C=O) groups excluding carboxylic acids is 2. The van der Waals surface area contributed by atoms with Crippen LogP contribution in [0.15, 0.2) is 83.1 Å². The summed E-state index contributed by atoms with van der Waals surface area (Å²) in [5, 5.41) is 13.7. The molecule has 18 nitrogen and oxygen atoms in total. The van der Waals surface area contributed by atoms with E-state index in [1.54, 1.807) is 30.6 Å². The van der Waals surface area contributed by atoms with Crippen molar-refractivity contribution in [2.45, 2.75) is 152 Å². The monoisotopic (exact) mass is 1070 g/mol. The Hall–Kier alpha value is -4.77. The van der Waals surface area contributed by atoms with E-state index in [0.717, 1.165) is 55.6 Å². The third kappa shape index (κ3) is 19.0. The van der Waals surface area contributed by atoms with E-state index in [-0.39, 0.29) is 46.3 Å². The first-order valence-corrected chi connectivity index (χ1v) is 26.9. The Morgan fingerprint density at radius 2 is 1.15 bits per heavy atom. The van der Waals surface area contributed by atoms with Gasteiger partial charge in [-0.25, -0.2) is 46.7 Å². The molecular formula is C48H69Cl2FN10O8S2. The van der Waals surface area contributed by atoms with Gasteiger partial charge in [0.25, 0.3) is 20.0 Å². The van der Waals surface area contributed by atoms with Gasteiger partial charge < -0.3 is 30.3 Å². The molecule has 2 unspecified atom stereocenters. The molecule has 2 saturated heterocycles. The fourth-order valence-electron chi connectivity index (χ4n) is 8.28. The molecule has 6 heterocycles. The standard InChI is InChI=1S/C24H34ClN5O4S.C19H30ClN3O2.C5H5FN2O2S/c1-23(2,3)34-22(31)30-15-16(13-24(30,4)5)9-11-19(18-12-10-17(25)14-27-18)28-20-7-6-8-21(29-20)35(26,32)33;1-18(2,3)25-17(24)23-12-13(10-19(23,4)5)6-8-15(21)16-9-7-14(20)11-22-16;6-4-2-1-3-5(8-4)11(7,9)10/h6-8,10,12,14,16,19H,9,11,13,15H2,1-5H3,(H,28,29)(H2,26,32,33);7,9,11,13,15H,6,8,10,12,21H2,1-5H3;1-3H,(H2,7,9,10)/t16-,19?;13-,15?;/m00./s1. The van der Waals surface area contributed by atoms with Crippen LogP contribution in [0, 0.1) is 17.8 Å². The van der Waals surface area contributed by atoms with Gasteiger partial charge in [0.15, 0.2) is 10.1 Å². The lowest BCUT2D eigenvalue weighted by molar-refractivity contribution is 0.0118. The molecule has 4 atom stereocenters. The predicted molar refractivity (Wildman–Crippen MR) is 272 cm³/mol. The molecule has 0 radical (unpaired) electrons. The maximum absolute atomic E-state index is 12.8. The van der Waals surface area contributed by atoms with Crippen molar-refractivity contribution in [2.75, 3.05) is 18.4 Å². The smallest absolute Gasteiger partial charge is 0.410 e. The van der Waals surface area contributed by atoms with Crippen LogP contribution in [0.1, 0.15) is 131 Å². The Kier molecular flexibility index (Phi) is 19.7. The van der Waals surface area contributed by atoms with Gasteiger partial charge in [0, 0.05) is 42.6 Å². The molecule has 7 N–H and O–H groups in total. The molecule has 2 aliphatic rings. The number of sulfonamides is 2. The normalized spacial score (nSPS) is 18.5. The molecule has 0 saturated carbocycles. The summed E-state index contributed by atoms with van der Waals surface area (Å²) in [5.41, 5.74) is 6.31. The number of likely N-dealkylation sites (tertiary alicyclic amines) is 2. The summed E-state index contributed by atoms with van der Waals surface area (Å²) in [7, 11) is -7.81. The number of pyridine rings is 4. The number of rotatable bonds is 12. The predicted octanol–water partition coefficient (Wildman–Crippen LogP) is 9.17. The van der Waals surface area contributed by atoms with Crippen LogP contribution in [0.2, 0.25) is 10.0 Å². The number of anilines is 1. The Morgan fingerprint density at radius 3 is 1.56 bits per heavy atom. The maximum Gasteiger partial charge on any atom is 0.410 e. The largest absolute Gasteiger partial charge is 0.444 e. The van der Waals surface area contributed by atoms with E-state index >= 15 is 0 Å². The van der Waals surface area contributed by atoms with Crippen molar-refractivity contribution in [2.24, 2.45) is 27.8 Å². The number of hydrogen-bond donors (Lipinski definition) is 4. The van der Waals surface area contributed by atoms with Crippen LogP contribution in [0.4, 0.5) is 19.8 Å². The molecule has 2 amide bonds. The summed E-state index contributed by atoms with van der Waals surface area (Å²) in [6.45, 7) is 20.9. The second-order valence-corrected chi connectivity index (χ2v) is 24.8. The Labute approximate surface area is 428 Å². The van der Waals surface area contributed by atoms with Crippen molar-refractivity contribution in [1.82, 2.24) is 29.7 Å². The Morgan fingerprint density at radius 1 is 0.718 bits per heavy atom. The molecule has 2 aliphatic heterocycles. The van der Waals surface area contributed by atoms with Gasteiger partial charge in [-0.2, -0.15) is 4.39 Å². The summed E-state index contributed by atoms with van der Waals surface area (Å²) in [6, 6.07) is 14.9. The van der Waals surface area contributed by atoms with Crippen LogP contribution < -0.4 is 21.3 Å². The van der Waals surface area contributed by atoms with Crippen molar-refractivity contribution < 1.29 is 40.3 Å². The topological polar surface area (TPSA) is 269 Å². The highest BCUT2D eigenvalue weighted by Crippen LogP contribution is 2.39. The van der Waals surface area contributed by atoms with Gasteiger partial charge in [0.2, 0.25) is 5.95 Å². The highest BCUT2D eigenvalue weighted by molar-refractivity contribution is 7.89. The number of carbonyl (C=O) groups is 2. The maximum atomic E-state index is 12.8. The number of primary sulfonamides is 2. The highest BCUT2D eigenvalue weighted by Gasteiger charge is 2.44. The highest BCUT2D eigenvalue weighted by atomic mass is 35.5. The van der Waals surface area contributed by atoms with E-state index in [4.69, 9.17) is 43.5 Å². The van der Waals surface area contributed by atoms with Crippen LogP contribution >= 0.6 is 23.2 Å². The van der Waals surface area contributed by atoms with E-state index in [2.05, 4.69) is 58.1 Å². The van der Waals surface area contributed by atoms with Crippen molar-refractivity contribution >= 4 is 61.3 Å². The molecule has 23 heteroatoms. The van der Waals surface area contributed by atoms with Crippen molar-refractivity contribution in [3.05, 3.63) is 100 Å². The quantitative estimate of drug-likeness (QED) is 0.0964. The molecule has 6 rings (SSSR count). The second-order valence-electron chi connectivity index (χ2n) is 21.0. The third-order valence-corrected chi connectivity index (χ3v) is 13.5. The lowest BCUT2D eigenvalue weighted by Gasteiger charge is -2.33. The van der Waals surface area contributed by atoms with E-state index in [0.29, 0.717) is 41.3 Å². The van der Waals surface area contributed by atoms with Crippen LogP contribution in [-0.2, 0) is 29.5 Å². The van der Waals surface area contributed by atoms with Gasteiger partial charge >= 0.3 is 12.2 Å². The minimum atomic E-state index is -3.93. The number of aromatic nitrogens is 4. The summed E-state index contributed by atoms with van der Waals surface area (Å²) < 4.78 is 68.0. The molecule has 0 spiro atoms. The van der Waals surface area contributed by atoms with Gasteiger partial charge in [-0.15, -0.1) is 0 Å². The minimum Gasteiger partial charge on any atom is -0.444 e. The fraction of sp³-hybridized carbons (Fsp3) is 0.542. The SMILES string of the molecule is CC(C)(C)OC(=O)N1C[C@@H](CCC(N)c2ccc(Cl)cn2)CC1(C)C.CC(C)(C)OC(=O)N1C[C@@H](CCC(Nc2cccc(S(N)(=O)=O)n2)c2ccc(Cl)cn2)CC1(C)C.NS(=O)(=O)c1cccc(F)n1. The summed E-state index contributed by atoms with van der Waals surface area (Å²) in [6.07, 6.45) is 7.72. The first-order chi connectivity index (χ1) is 32.6. The van der Waals surface area contributed by atoms with Gasteiger partial charge in [-0.05, 0) is 168 Å². The number of hydrogen-bond acceptors (Lipinski definition) is 14. The zero-order chi connectivity index (χ0) is 53.3. The van der Waals surface area contributed by atoms with Crippen molar-refractivity contribution in [3.8, 4) is 0 Å². The molecular weight excluding hydrogens is 999 g/mol. The molecule has 0 aromatic carbocycles. The van der Waals surface area contributed by atoms with E-state index < -0.39 is 42.2 Å². The average molecular weight is 1070 g/mol. The lowest BCUT2D eigenvalue weighted by Crippen LogP contribution is -2.45. The summed E-state index contributed by atoms with van der Waals surface area (Å²) >= 11 is 11.9. The third-order valence-electron chi connectivity index (χ3n) is 11.5. The van der Waals surface area contributed by atoms with Gasteiger partial charge in [-0.3, -0.25) is 9.97 Å². The van der Waals surface area contributed by atoms with Crippen LogP contribution in [0.25, 0.3) is 0 Å². The molecule has 4 aromatic heterocycles. The molecule has 392 valence electrons. The van der Waals surface area contributed by atoms with E-state index in [1.165, 1.54) is 12.1 Å². The summed E-state index contributed by atoms with van der Waals surface area (Å²) in [4.78, 5) is 44.9. The molecule has 71 heavy (non-hydrogen) atoms. The fourth-order valence-corrected chi connectivity index (χ4v) is 9.48. The second kappa shape index (κ2) is 23.8. The Bertz CT molecular complexity index is 2650. The number of nitrogens with one attached hydrogen (secondary N) is 1. The van der Waals surface area contributed by atoms with E-state index in [1.807, 2.05) is 69.5 Å². The molecule has 0 aliphatic carbocycles. The molecule has 2 fully saturated rings. The first-order valence-electron chi connectivity index (χ1n) is 23.0. The lowest BCUT2D eigenvalue weighted by atomic mass is 9.91. The number of ether oxygens (including phenoxy) is 2. The van der Waals surface area contributed by atoms with Crippen LogP contribution in [-0.4, -0.2) is 94.1 Å². The molecule has 0 bridgehead atoms. The van der Waals surface area contributed by atoms with Crippen molar-refractivity contribution in [3.63, 3.8) is 0 Å².